The minimum absolute atomic E-state index is 0.257. The van der Waals surface area contributed by atoms with Crippen molar-refractivity contribution in [2.45, 2.75) is 200 Å². The Labute approximate surface area is 302 Å². The molecule has 0 saturated heterocycles. The average Bonchev–Trinajstić information content (AvgIpc) is 3.08. The lowest BCUT2D eigenvalue weighted by Crippen LogP contribution is -2.29. The van der Waals surface area contributed by atoms with Crippen LogP contribution in [-0.4, -0.2) is 38.0 Å². The Bertz CT molecular complexity index is 717. The molecule has 0 aliphatic rings. The third-order valence-electron chi connectivity index (χ3n) is 9.47. The van der Waals surface area contributed by atoms with Gasteiger partial charge in [-0.3, -0.25) is 4.79 Å². The molecule has 0 unspecified atom stereocenters. The first-order valence-electron chi connectivity index (χ1n) is 21.1. The monoisotopic (exact) mass is 669 g/mol. The lowest BCUT2D eigenvalue weighted by atomic mass is 9.93. The predicted molar refractivity (Wildman–Crippen MR) is 217 cm³/mol. The van der Waals surface area contributed by atoms with Crippen LogP contribution >= 0.6 is 0 Å². The largest absolute Gasteiger partial charge is 0.356 e. The van der Waals surface area contributed by atoms with Crippen LogP contribution in [0.5, 0.6) is 0 Å². The average molecular weight is 669 g/mol. The number of hydrogen-bond donors (Lipinski definition) is 1. The van der Waals surface area contributed by atoms with Gasteiger partial charge in [-0.15, -0.1) is 0 Å². The van der Waals surface area contributed by atoms with E-state index in [1.54, 1.807) is 0 Å². The van der Waals surface area contributed by atoms with Gasteiger partial charge in [-0.05, 0) is 116 Å². The second-order valence-electron chi connectivity index (χ2n) is 14.7. The molecule has 0 spiro atoms. The SMILES string of the molecule is CCCCC/C=C\C/C=C\CCCCCCCCC(CCCCCCCC/C=C\C/C=C\CCCCC)CNC(=O)CCCCN(C)C. The van der Waals surface area contributed by atoms with Crippen molar-refractivity contribution in [1.82, 2.24) is 10.2 Å². The maximum Gasteiger partial charge on any atom is 0.220 e. The third-order valence-corrected chi connectivity index (χ3v) is 9.47. The van der Waals surface area contributed by atoms with Crippen molar-refractivity contribution in [3.05, 3.63) is 48.6 Å². The number of nitrogens with one attached hydrogen (secondary N) is 1. The molecule has 0 aromatic carbocycles. The number of rotatable bonds is 37. The summed E-state index contributed by atoms with van der Waals surface area (Å²) in [5.74, 6) is 0.903. The number of amides is 1. The number of carbonyl (C=O) groups is 1. The number of nitrogens with zero attached hydrogens (tertiary/aromatic N) is 1. The van der Waals surface area contributed by atoms with Crippen LogP contribution in [0.15, 0.2) is 48.6 Å². The minimum atomic E-state index is 0.257. The van der Waals surface area contributed by atoms with Crippen LogP contribution in [0.3, 0.4) is 0 Å². The van der Waals surface area contributed by atoms with E-state index in [9.17, 15) is 4.79 Å². The van der Waals surface area contributed by atoms with E-state index < -0.39 is 0 Å². The van der Waals surface area contributed by atoms with E-state index in [0.717, 1.165) is 38.8 Å². The van der Waals surface area contributed by atoms with Gasteiger partial charge in [-0.25, -0.2) is 0 Å². The second kappa shape index (κ2) is 39.8. The van der Waals surface area contributed by atoms with Crippen molar-refractivity contribution in [1.29, 1.82) is 0 Å². The van der Waals surface area contributed by atoms with Crippen LogP contribution in [0.4, 0.5) is 0 Å². The molecule has 0 bridgehead atoms. The Morgan fingerprint density at radius 3 is 1.31 bits per heavy atom. The van der Waals surface area contributed by atoms with E-state index in [-0.39, 0.29) is 5.91 Å². The summed E-state index contributed by atoms with van der Waals surface area (Å²) in [6.45, 7) is 6.48. The van der Waals surface area contributed by atoms with Gasteiger partial charge < -0.3 is 10.2 Å². The van der Waals surface area contributed by atoms with E-state index in [4.69, 9.17) is 0 Å². The van der Waals surface area contributed by atoms with Crippen molar-refractivity contribution in [3.63, 3.8) is 0 Å². The number of allylic oxidation sites excluding steroid dienone is 8. The molecule has 0 radical (unpaired) electrons. The fourth-order valence-corrected chi connectivity index (χ4v) is 6.25. The summed E-state index contributed by atoms with van der Waals surface area (Å²) >= 11 is 0. The first kappa shape index (κ1) is 46.4. The van der Waals surface area contributed by atoms with Crippen LogP contribution in [0, 0.1) is 5.92 Å². The first-order chi connectivity index (χ1) is 23.6. The van der Waals surface area contributed by atoms with Crippen molar-refractivity contribution in [2.24, 2.45) is 5.92 Å². The van der Waals surface area contributed by atoms with Gasteiger partial charge in [0, 0.05) is 13.0 Å². The Balaban J connectivity index is 4.09. The van der Waals surface area contributed by atoms with Gasteiger partial charge in [0.05, 0.1) is 0 Å². The molecule has 0 atom stereocenters. The number of carbonyl (C=O) groups excluding carboxylic acids is 1. The molecule has 0 aliphatic heterocycles. The predicted octanol–water partition coefficient (Wildman–Crippen LogP) is 13.9. The molecule has 0 saturated carbocycles. The first-order valence-corrected chi connectivity index (χ1v) is 21.1. The van der Waals surface area contributed by atoms with E-state index in [2.05, 4.69) is 86.8 Å². The van der Waals surface area contributed by atoms with Crippen LogP contribution < -0.4 is 5.32 Å². The van der Waals surface area contributed by atoms with Crippen molar-refractivity contribution in [2.75, 3.05) is 27.2 Å². The topological polar surface area (TPSA) is 32.3 Å². The van der Waals surface area contributed by atoms with Crippen LogP contribution in [0.1, 0.15) is 200 Å². The molecule has 1 amide bonds. The van der Waals surface area contributed by atoms with E-state index in [1.807, 2.05) is 0 Å². The summed E-state index contributed by atoms with van der Waals surface area (Å²) in [5.41, 5.74) is 0. The standard InChI is InChI=1S/C45H84N2O/c1-5-7-9-11-13-15-17-19-21-23-25-27-29-31-33-35-39-44(43-46-45(48)41-37-38-42-47(3)4)40-36-34-32-30-28-26-24-22-20-18-16-14-12-10-8-6-2/h13-16,19-22,44H,5-12,17-18,23-43H2,1-4H3,(H,46,48)/b15-13-,16-14-,21-19-,22-20-. The highest BCUT2D eigenvalue weighted by Gasteiger charge is 2.11. The van der Waals surface area contributed by atoms with E-state index in [1.165, 1.54) is 154 Å². The Morgan fingerprint density at radius 1 is 0.500 bits per heavy atom. The fraction of sp³-hybridized carbons (Fsp3) is 0.800. The summed E-state index contributed by atoms with van der Waals surface area (Å²) in [6, 6.07) is 0. The summed E-state index contributed by atoms with van der Waals surface area (Å²) in [6.07, 6.45) is 55.4. The highest BCUT2D eigenvalue weighted by molar-refractivity contribution is 5.75. The van der Waals surface area contributed by atoms with Crippen molar-refractivity contribution in [3.8, 4) is 0 Å². The zero-order chi connectivity index (χ0) is 35.0. The fourth-order valence-electron chi connectivity index (χ4n) is 6.25. The highest BCUT2D eigenvalue weighted by Crippen LogP contribution is 2.19. The minimum Gasteiger partial charge on any atom is -0.356 e. The van der Waals surface area contributed by atoms with Gasteiger partial charge in [0.1, 0.15) is 0 Å². The van der Waals surface area contributed by atoms with Gasteiger partial charge in [0.25, 0.3) is 0 Å². The molecule has 0 heterocycles. The maximum atomic E-state index is 12.5. The van der Waals surface area contributed by atoms with Crippen molar-refractivity contribution >= 4 is 5.91 Å². The molecule has 0 aromatic rings. The maximum absolute atomic E-state index is 12.5. The smallest absolute Gasteiger partial charge is 0.220 e. The molecular weight excluding hydrogens is 585 g/mol. The Hall–Kier alpha value is -1.61. The lowest BCUT2D eigenvalue weighted by molar-refractivity contribution is -0.121. The van der Waals surface area contributed by atoms with Gasteiger partial charge in [0.15, 0.2) is 0 Å². The lowest BCUT2D eigenvalue weighted by Gasteiger charge is -2.18. The van der Waals surface area contributed by atoms with Gasteiger partial charge in [-0.1, -0.05) is 152 Å². The second-order valence-corrected chi connectivity index (χ2v) is 14.7. The normalized spacial score (nSPS) is 12.4. The van der Waals surface area contributed by atoms with Gasteiger partial charge in [-0.2, -0.15) is 0 Å². The Morgan fingerprint density at radius 2 is 0.896 bits per heavy atom. The molecule has 0 aromatic heterocycles. The number of unbranched alkanes of at least 4 members (excludes halogenated alkanes) is 19. The van der Waals surface area contributed by atoms with E-state index >= 15 is 0 Å². The summed E-state index contributed by atoms with van der Waals surface area (Å²) in [5, 5.41) is 3.31. The molecule has 48 heavy (non-hydrogen) atoms. The zero-order valence-corrected chi connectivity index (χ0v) is 33.0. The summed E-state index contributed by atoms with van der Waals surface area (Å²) < 4.78 is 0. The molecule has 0 aliphatic carbocycles. The molecule has 0 fully saturated rings. The summed E-state index contributed by atoms with van der Waals surface area (Å²) in [4.78, 5) is 14.7. The molecule has 0 rings (SSSR count). The highest BCUT2D eigenvalue weighted by atomic mass is 16.1. The zero-order valence-electron chi connectivity index (χ0n) is 33.0. The molecule has 3 heteroatoms. The van der Waals surface area contributed by atoms with E-state index in [0.29, 0.717) is 12.3 Å². The van der Waals surface area contributed by atoms with Crippen LogP contribution in [0.25, 0.3) is 0 Å². The third kappa shape index (κ3) is 38.8. The molecular formula is C45H84N2O. The van der Waals surface area contributed by atoms with Crippen LogP contribution in [-0.2, 0) is 4.79 Å². The summed E-state index contributed by atoms with van der Waals surface area (Å²) in [7, 11) is 4.21. The van der Waals surface area contributed by atoms with Gasteiger partial charge in [0.2, 0.25) is 5.91 Å². The molecule has 3 nitrogen and oxygen atoms in total. The van der Waals surface area contributed by atoms with Crippen LogP contribution in [0.2, 0.25) is 0 Å². The van der Waals surface area contributed by atoms with Gasteiger partial charge >= 0.3 is 0 Å². The number of hydrogen-bond acceptors (Lipinski definition) is 2. The van der Waals surface area contributed by atoms with Crippen molar-refractivity contribution < 1.29 is 4.79 Å². The quantitative estimate of drug-likeness (QED) is 0.0528. The molecule has 1 N–H and O–H groups in total. The Kier molecular flexibility index (Phi) is 38.5. The molecule has 280 valence electrons.